The van der Waals surface area contributed by atoms with Crippen LogP contribution in [0.15, 0.2) is 0 Å². The lowest BCUT2D eigenvalue weighted by Crippen LogP contribution is -2.50. The van der Waals surface area contributed by atoms with Crippen LogP contribution in [-0.4, -0.2) is 40.6 Å². The first-order chi connectivity index (χ1) is 8.58. The number of aliphatic carboxylic acids is 1. The summed E-state index contributed by atoms with van der Waals surface area (Å²) in [5.41, 5.74) is 0. The van der Waals surface area contributed by atoms with Gasteiger partial charge < -0.3 is 15.3 Å². The number of hydrogen-bond donors (Lipinski definition) is 2. The molecule has 0 spiro atoms. The first kappa shape index (κ1) is 13.2. The Morgan fingerprint density at radius 2 is 1.89 bits per heavy atom. The summed E-state index contributed by atoms with van der Waals surface area (Å²) < 4.78 is 0. The number of nitrogens with one attached hydrogen (secondary N) is 1. The quantitative estimate of drug-likeness (QED) is 0.804. The molecule has 2 rings (SSSR count). The van der Waals surface area contributed by atoms with Gasteiger partial charge in [0.1, 0.15) is 6.54 Å². The maximum atomic E-state index is 12.1. The van der Waals surface area contributed by atoms with Crippen molar-refractivity contribution in [3.63, 3.8) is 0 Å². The first-order valence-corrected chi connectivity index (χ1v) is 6.87. The fraction of sp³-hybridized carbons (Fsp3) is 0.846. The van der Waals surface area contributed by atoms with Gasteiger partial charge in [0, 0.05) is 12.1 Å². The molecule has 2 atom stereocenters. The first-order valence-electron chi connectivity index (χ1n) is 6.87. The van der Waals surface area contributed by atoms with Gasteiger partial charge in [-0.2, -0.15) is 0 Å². The van der Waals surface area contributed by atoms with Crippen LogP contribution in [0.1, 0.15) is 45.4 Å². The maximum Gasteiger partial charge on any atom is 0.323 e. The highest BCUT2D eigenvalue weighted by molar-refractivity contribution is 5.80. The van der Waals surface area contributed by atoms with Crippen LogP contribution in [0, 0.1) is 5.92 Å². The summed E-state index contributed by atoms with van der Waals surface area (Å²) >= 11 is 0. The van der Waals surface area contributed by atoms with Gasteiger partial charge in [-0.15, -0.1) is 0 Å². The van der Waals surface area contributed by atoms with Crippen LogP contribution in [0.4, 0.5) is 4.79 Å². The van der Waals surface area contributed by atoms with E-state index in [2.05, 4.69) is 12.2 Å². The lowest BCUT2D eigenvalue weighted by Gasteiger charge is -2.32. The zero-order valence-electron chi connectivity index (χ0n) is 10.9. The Morgan fingerprint density at radius 1 is 1.22 bits per heavy atom. The van der Waals surface area contributed by atoms with Crippen molar-refractivity contribution >= 4 is 12.0 Å². The number of carbonyl (C=O) groups excluding carboxylic acids is 1. The normalized spacial score (nSPS) is 27.6. The molecule has 0 aromatic heterocycles. The Bertz CT molecular complexity index is 328. The number of carbonyl (C=O) groups is 2. The van der Waals surface area contributed by atoms with Crippen LogP contribution >= 0.6 is 0 Å². The Kier molecular flexibility index (Phi) is 4.09. The lowest BCUT2D eigenvalue weighted by atomic mass is 9.86. The van der Waals surface area contributed by atoms with Gasteiger partial charge in [-0.3, -0.25) is 4.79 Å². The molecule has 2 fully saturated rings. The van der Waals surface area contributed by atoms with Gasteiger partial charge in [0.15, 0.2) is 0 Å². The van der Waals surface area contributed by atoms with E-state index in [0.29, 0.717) is 5.92 Å². The zero-order chi connectivity index (χ0) is 13.1. The Morgan fingerprint density at radius 3 is 2.44 bits per heavy atom. The van der Waals surface area contributed by atoms with Crippen LogP contribution < -0.4 is 5.32 Å². The average Bonchev–Trinajstić information content (AvgIpc) is 3.12. The minimum Gasteiger partial charge on any atom is -0.480 e. The summed E-state index contributed by atoms with van der Waals surface area (Å²) in [5, 5.41) is 11.9. The van der Waals surface area contributed by atoms with E-state index in [0.717, 1.165) is 32.1 Å². The molecule has 0 aliphatic heterocycles. The van der Waals surface area contributed by atoms with Gasteiger partial charge in [0.05, 0.1) is 0 Å². The standard InChI is InChI=1S/C13H22N2O3/c1-9-4-2-3-5-11(9)14-13(18)15(8-12(16)17)10-6-7-10/h9-11H,2-8H2,1H3,(H,14,18)(H,16,17). The van der Waals surface area contributed by atoms with Crippen LogP contribution in [0.3, 0.4) is 0 Å². The second kappa shape index (κ2) is 5.59. The number of hydrogen-bond acceptors (Lipinski definition) is 2. The van der Waals surface area contributed by atoms with E-state index >= 15 is 0 Å². The Hall–Kier alpha value is -1.26. The third-order valence-corrected chi connectivity index (χ3v) is 3.97. The molecule has 2 aliphatic carbocycles. The fourth-order valence-electron chi connectivity index (χ4n) is 2.67. The predicted octanol–water partition coefficient (Wildman–Crippen LogP) is 1.82. The van der Waals surface area contributed by atoms with Gasteiger partial charge >= 0.3 is 12.0 Å². The number of urea groups is 1. The molecule has 102 valence electrons. The van der Waals surface area contributed by atoms with E-state index in [1.165, 1.54) is 11.3 Å². The molecule has 0 bridgehead atoms. The number of nitrogens with zero attached hydrogens (tertiary/aromatic N) is 1. The van der Waals surface area contributed by atoms with Crippen LogP contribution in [-0.2, 0) is 4.79 Å². The van der Waals surface area contributed by atoms with Gasteiger partial charge in [0.25, 0.3) is 0 Å². The van der Waals surface area contributed by atoms with Crippen LogP contribution in [0.25, 0.3) is 0 Å². The maximum absolute atomic E-state index is 12.1. The predicted molar refractivity (Wildman–Crippen MR) is 67.3 cm³/mol. The minimum atomic E-state index is -0.936. The molecule has 5 heteroatoms. The number of carboxylic acid groups (broad SMARTS) is 1. The molecular formula is C13H22N2O3. The van der Waals surface area contributed by atoms with E-state index in [1.807, 2.05) is 0 Å². The molecule has 0 aromatic carbocycles. The number of rotatable bonds is 4. The smallest absolute Gasteiger partial charge is 0.323 e. The van der Waals surface area contributed by atoms with Crippen molar-refractivity contribution in [3.05, 3.63) is 0 Å². The topological polar surface area (TPSA) is 69.6 Å². The Labute approximate surface area is 108 Å². The highest BCUT2D eigenvalue weighted by Crippen LogP contribution is 2.28. The second-order valence-corrected chi connectivity index (χ2v) is 5.57. The third kappa shape index (κ3) is 3.37. The summed E-state index contributed by atoms with van der Waals surface area (Å²) in [4.78, 5) is 24.4. The van der Waals surface area contributed by atoms with E-state index in [4.69, 9.17) is 5.11 Å². The highest BCUT2D eigenvalue weighted by Gasteiger charge is 2.35. The van der Waals surface area contributed by atoms with E-state index < -0.39 is 5.97 Å². The van der Waals surface area contributed by atoms with Crippen molar-refractivity contribution in [2.75, 3.05) is 6.54 Å². The number of amides is 2. The fourth-order valence-corrected chi connectivity index (χ4v) is 2.67. The van der Waals surface area contributed by atoms with Crippen LogP contribution in [0.5, 0.6) is 0 Å². The highest BCUT2D eigenvalue weighted by atomic mass is 16.4. The minimum absolute atomic E-state index is 0.139. The molecule has 18 heavy (non-hydrogen) atoms. The summed E-state index contributed by atoms with van der Waals surface area (Å²) in [7, 11) is 0. The summed E-state index contributed by atoms with van der Waals surface area (Å²) in [6.45, 7) is 1.97. The summed E-state index contributed by atoms with van der Waals surface area (Å²) in [6, 6.07) is 0.153. The van der Waals surface area contributed by atoms with E-state index in [1.54, 1.807) is 0 Å². The molecule has 0 radical (unpaired) electrons. The summed E-state index contributed by atoms with van der Waals surface area (Å²) in [5.74, 6) is -0.442. The number of carboxylic acids is 1. The van der Waals surface area contributed by atoms with Crippen molar-refractivity contribution in [1.29, 1.82) is 0 Å². The third-order valence-electron chi connectivity index (χ3n) is 3.97. The molecule has 5 nitrogen and oxygen atoms in total. The molecule has 2 unspecified atom stereocenters. The zero-order valence-corrected chi connectivity index (χ0v) is 10.9. The van der Waals surface area contributed by atoms with E-state index in [9.17, 15) is 9.59 Å². The Balaban J connectivity index is 1.89. The monoisotopic (exact) mass is 254 g/mol. The SMILES string of the molecule is CC1CCCCC1NC(=O)N(CC(=O)O)C1CC1. The van der Waals surface area contributed by atoms with Crippen molar-refractivity contribution in [1.82, 2.24) is 10.2 Å². The molecule has 0 aromatic rings. The van der Waals surface area contributed by atoms with Gasteiger partial charge in [-0.1, -0.05) is 19.8 Å². The van der Waals surface area contributed by atoms with Crippen molar-refractivity contribution in [3.8, 4) is 0 Å². The summed E-state index contributed by atoms with van der Waals surface area (Å²) in [6.07, 6.45) is 6.40. The molecule has 0 saturated heterocycles. The van der Waals surface area contributed by atoms with Crippen molar-refractivity contribution in [2.45, 2.75) is 57.5 Å². The second-order valence-electron chi connectivity index (χ2n) is 5.57. The van der Waals surface area contributed by atoms with E-state index in [-0.39, 0.29) is 24.7 Å². The molecule has 0 heterocycles. The average molecular weight is 254 g/mol. The van der Waals surface area contributed by atoms with Gasteiger partial charge in [-0.25, -0.2) is 4.79 Å². The molecule has 2 N–H and O–H groups in total. The van der Waals surface area contributed by atoms with Gasteiger partial charge in [0.2, 0.25) is 0 Å². The van der Waals surface area contributed by atoms with Crippen molar-refractivity contribution < 1.29 is 14.7 Å². The molecule has 2 amide bonds. The largest absolute Gasteiger partial charge is 0.480 e. The molecular weight excluding hydrogens is 232 g/mol. The van der Waals surface area contributed by atoms with Crippen molar-refractivity contribution in [2.24, 2.45) is 5.92 Å². The molecule has 2 aliphatic rings. The lowest BCUT2D eigenvalue weighted by molar-refractivity contribution is -0.137. The molecule has 2 saturated carbocycles. The van der Waals surface area contributed by atoms with Gasteiger partial charge in [-0.05, 0) is 31.6 Å². The van der Waals surface area contributed by atoms with Crippen LogP contribution in [0.2, 0.25) is 0 Å².